The number of benzene rings is 1. The highest BCUT2D eigenvalue weighted by atomic mass is 16.3. The van der Waals surface area contributed by atoms with Crippen LogP contribution < -0.4 is 0 Å². The molecule has 0 saturated carbocycles. The maximum Gasteiger partial charge on any atom is 0.122 e. The highest BCUT2D eigenvalue weighted by Crippen LogP contribution is 2.32. The van der Waals surface area contributed by atoms with Crippen molar-refractivity contribution in [3.8, 4) is 0 Å². The number of aromatic nitrogens is 2. The first kappa shape index (κ1) is 13.3. The van der Waals surface area contributed by atoms with Crippen molar-refractivity contribution in [1.82, 2.24) is 14.5 Å². The summed E-state index contributed by atoms with van der Waals surface area (Å²) < 4.78 is 2.03. The first-order chi connectivity index (χ1) is 9.66. The second kappa shape index (κ2) is 5.38. The van der Waals surface area contributed by atoms with E-state index in [4.69, 9.17) is 0 Å². The number of hydrogen-bond donors (Lipinski definition) is 1. The van der Waals surface area contributed by atoms with Crippen LogP contribution >= 0.6 is 0 Å². The minimum absolute atomic E-state index is 0.154. The number of imidazole rings is 1. The van der Waals surface area contributed by atoms with Gasteiger partial charge < -0.3 is 9.67 Å². The molecule has 1 aromatic carbocycles. The Morgan fingerprint density at radius 3 is 2.95 bits per heavy atom. The Kier molecular flexibility index (Phi) is 3.59. The van der Waals surface area contributed by atoms with Gasteiger partial charge in [-0.1, -0.05) is 24.3 Å². The lowest BCUT2D eigenvalue weighted by molar-refractivity contribution is 0.0446. The topological polar surface area (TPSA) is 41.3 Å². The highest BCUT2D eigenvalue weighted by molar-refractivity contribution is 5.32. The Labute approximate surface area is 119 Å². The molecule has 106 valence electrons. The van der Waals surface area contributed by atoms with Gasteiger partial charge in [-0.25, -0.2) is 4.98 Å². The van der Waals surface area contributed by atoms with Crippen LogP contribution in [-0.2, 0) is 20.0 Å². The van der Waals surface area contributed by atoms with Crippen LogP contribution in [0.25, 0.3) is 0 Å². The van der Waals surface area contributed by atoms with E-state index in [2.05, 4.69) is 23.0 Å². The van der Waals surface area contributed by atoms with Crippen LogP contribution in [0.3, 0.4) is 0 Å². The van der Waals surface area contributed by atoms with Crippen molar-refractivity contribution in [2.24, 2.45) is 7.05 Å². The van der Waals surface area contributed by atoms with Gasteiger partial charge in [0, 0.05) is 25.5 Å². The number of aliphatic hydroxyl groups is 1. The van der Waals surface area contributed by atoms with Crippen LogP contribution in [0.15, 0.2) is 36.7 Å². The van der Waals surface area contributed by atoms with E-state index in [1.807, 2.05) is 42.2 Å². The summed E-state index contributed by atoms with van der Waals surface area (Å²) in [5.74, 6) is 1.03. The largest absolute Gasteiger partial charge is 0.387 e. The van der Waals surface area contributed by atoms with E-state index in [1.54, 1.807) is 0 Å². The van der Waals surface area contributed by atoms with Crippen LogP contribution in [0, 0.1) is 0 Å². The molecule has 2 aromatic rings. The summed E-state index contributed by atoms with van der Waals surface area (Å²) in [5.41, 5.74) is 2.36. The maximum atomic E-state index is 10.6. The first-order valence-electron chi connectivity index (χ1n) is 7.09. The van der Waals surface area contributed by atoms with Gasteiger partial charge >= 0.3 is 0 Å². The molecule has 3 rings (SSSR count). The SMILES string of the molecule is CN(Cc1nccn1C)C1CCc2ccccc2C1O. The van der Waals surface area contributed by atoms with Gasteiger partial charge in [-0.2, -0.15) is 0 Å². The van der Waals surface area contributed by atoms with Crippen LogP contribution in [0.1, 0.15) is 29.5 Å². The van der Waals surface area contributed by atoms with Crippen molar-refractivity contribution in [3.05, 3.63) is 53.6 Å². The molecule has 0 saturated heterocycles. The molecule has 2 unspecified atom stereocenters. The molecular formula is C16H21N3O. The minimum Gasteiger partial charge on any atom is -0.387 e. The Hall–Kier alpha value is -1.65. The lowest BCUT2D eigenvalue weighted by Gasteiger charge is -2.36. The number of fused-ring (bicyclic) bond motifs is 1. The molecule has 20 heavy (non-hydrogen) atoms. The second-order valence-electron chi connectivity index (χ2n) is 5.62. The summed E-state index contributed by atoms with van der Waals surface area (Å²) in [6, 6.07) is 8.36. The molecule has 4 heteroatoms. The third-order valence-corrected chi connectivity index (χ3v) is 4.33. The van der Waals surface area contributed by atoms with Gasteiger partial charge in [-0.05, 0) is 31.0 Å². The lowest BCUT2D eigenvalue weighted by Crippen LogP contribution is -2.39. The van der Waals surface area contributed by atoms with Gasteiger partial charge in [0.1, 0.15) is 5.82 Å². The third kappa shape index (κ3) is 2.37. The second-order valence-corrected chi connectivity index (χ2v) is 5.62. The van der Waals surface area contributed by atoms with Gasteiger partial charge in [0.15, 0.2) is 0 Å². The smallest absolute Gasteiger partial charge is 0.122 e. The molecule has 1 aromatic heterocycles. The molecule has 0 bridgehead atoms. The first-order valence-corrected chi connectivity index (χ1v) is 7.09. The number of hydrogen-bond acceptors (Lipinski definition) is 3. The quantitative estimate of drug-likeness (QED) is 0.927. The standard InChI is InChI=1S/C16H21N3O/c1-18-10-9-17-15(18)11-19(2)14-8-7-12-5-3-4-6-13(12)16(14)20/h3-6,9-10,14,16,20H,7-8,11H2,1-2H3. The molecule has 0 radical (unpaired) electrons. The number of nitrogens with zero attached hydrogens (tertiary/aromatic N) is 3. The Bertz CT molecular complexity index is 593. The number of aliphatic hydroxyl groups excluding tert-OH is 1. The molecule has 0 fully saturated rings. The van der Waals surface area contributed by atoms with E-state index in [1.165, 1.54) is 5.56 Å². The average molecular weight is 271 g/mol. The normalized spacial score (nSPS) is 22.0. The Balaban J connectivity index is 1.77. The fourth-order valence-electron chi connectivity index (χ4n) is 3.07. The van der Waals surface area contributed by atoms with Gasteiger partial charge in [-0.15, -0.1) is 0 Å². The summed E-state index contributed by atoms with van der Waals surface area (Å²) in [6.07, 6.45) is 5.37. The van der Waals surface area contributed by atoms with Crippen molar-refractivity contribution in [2.75, 3.05) is 7.05 Å². The molecule has 0 spiro atoms. The third-order valence-electron chi connectivity index (χ3n) is 4.33. The fourth-order valence-corrected chi connectivity index (χ4v) is 3.07. The summed E-state index contributed by atoms with van der Waals surface area (Å²) in [5, 5.41) is 10.6. The number of likely N-dealkylation sites (N-methyl/N-ethyl adjacent to an activating group) is 1. The zero-order valence-electron chi connectivity index (χ0n) is 12.0. The van der Waals surface area contributed by atoms with Crippen molar-refractivity contribution >= 4 is 0 Å². The average Bonchev–Trinajstić information content (AvgIpc) is 2.85. The zero-order valence-corrected chi connectivity index (χ0v) is 12.0. The summed E-state index contributed by atoms with van der Waals surface area (Å²) in [4.78, 5) is 6.57. The van der Waals surface area contributed by atoms with E-state index >= 15 is 0 Å². The number of rotatable bonds is 3. The molecule has 1 heterocycles. The van der Waals surface area contributed by atoms with Crippen molar-refractivity contribution in [3.63, 3.8) is 0 Å². The molecule has 2 atom stereocenters. The van der Waals surface area contributed by atoms with Gasteiger partial charge in [0.2, 0.25) is 0 Å². The van der Waals surface area contributed by atoms with E-state index in [-0.39, 0.29) is 6.04 Å². The van der Waals surface area contributed by atoms with Crippen molar-refractivity contribution in [1.29, 1.82) is 0 Å². The fraction of sp³-hybridized carbons (Fsp3) is 0.438. The van der Waals surface area contributed by atoms with Crippen molar-refractivity contribution in [2.45, 2.75) is 31.5 Å². The van der Waals surface area contributed by atoms with Crippen molar-refractivity contribution < 1.29 is 5.11 Å². The van der Waals surface area contributed by atoms with Crippen LogP contribution in [0.5, 0.6) is 0 Å². The van der Waals surface area contributed by atoms with E-state index in [0.29, 0.717) is 0 Å². The monoisotopic (exact) mass is 271 g/mol. The molecular weight excluding hydrogens is 250 g/mol. The van der Waals surface area contributed by atoms with Gasteiger partial charge in [0.05, 0.1) is 12.6 Å². The molecule has 1 N–H and O–H groups in total. The number of aryl methyl sites for hydroxylation is 2. The van der Waals surface area contributed by atoms with Crippen LogP contribution in [-0.4, -0.2) is 32.6 Å². The minimum atomic E-state index is -0.412. The predicted molar refractivity (Wildman–Crippen MR) is 78.2 cm³/mol. The predicted octanol–water partition coefficient (Wildman–Crippen LogP) is 1.90. The lowest BCUT2D eigenvalue weighted by atomic mass is 9.85. The summed E-state index contributed by atoms with van der Waals surface area (Å²) in [7, 11) is 4.07. The molecule has 1 aliphatic rings. The highest BCUT2D eigenvalue weighted by Gasteiger charge is 2.30. The van der Waals surface area contributed by atoms with E-state index in [0.717, 1.165) is 30.8 Å². The summed E-state index contributed by atoms with van der Waals surface area (Å²) in [6.45, 7) is 0.757. The zero-order chi connectivity index (χ0) is 14.1. The van der Waals surface area contributed by atoms with Crippen LogP contribution in [0.2, 0.25) is 0 Å². The molecule has 1 aliphatic carbocycles. The van der Waals surface area contributed by atoms with Gasteiger partial charge in [0.25, 0.3) is 0 Å². The summed E-state index contributed by atoms with van der Waals surface area (Å²) >= 11 is 0. The molecule has 0 aliphatic heterocycles. The van der Waals surface area contributed by atoms with Crippen LogP contribution in [0.4, 0.5) is 0 Å². The molecule has 4 nitrogen and oxygen atoms in total. The molecule has 0 amide bonds. The van der Waals surface area contributed by atoms with E-state index in [9.17, 15) is 5.11 Å². The van der Waals surface area contributed by atoms with E-state index < -0.39 is 6.10 Å². The maximum absolute atomic E-state index is 10.6. The Morgan fingerprint density at radius 1 is 1.40 bits per heavy atom. The van der Waals surface area contributed by atoms with Gasteiger partial charge in [-0.3, -0.25) is 4.90 Å². The Morgan fingerprint density at radius 2 is 2.20 bits per heavy atom.